The van der Waals surface area contributed by atoms with Gasteiger partial charge >= 0.3 is 6.09 Å². The van der Waals surface area contributed by atoms with Crippen LogP contribution in [0.4, 0.5) is 4.79 Å². The second-order valence-electron chi connectivity index (χ2n) is 9.31. The number of likely N-dealkylation sites (tertiary alicyclic amines) is 1. The molecular weight excluding hydrogens is 342 g/mol. The average Bonchev–Trinajstić information content (AvgIpc) is 3.60. The minimum atomic E-state index is -0.125. The lowest BCUT2D eigenvalue weighted by Gasteiger charge is -2.51. The Kier molecular flexibility index (Phi) is 4.37. The van der Waals surface area contributed by atoms with Gasteiger partial charge in [-0.2, -0.15) is 0 Å². The van der Waals surface area contributed by atoms with E-state index in [1.54, 1.807) is 0 Å². The highest BCUT2D eigenvalue weighted by Gasteiger charge is 2.62. The molecule has 2 unspecified atom stereocenters. The van der Waals surface area contributed by atoms with Crippen molar-refractivity contribution in [2.45, 2.75) is 64.1 Å². The molecule has 6 nitrogen and oxygen atoms in total. The quantitative estimate of drug-likeness (QED) is 0.739. The predicted octanol–water partition coefficient (Wildman–Crippen LogP) is 2.18. The van der Waals surface area contributed by atoms with Crippen LogP contribution in [0, 0.1) is 23.7 Å². The molecular formula is C21H33N3O3. The number of fused-ring (bicyclic) bond motifs is 4. The molecule has 0 radical (unpaired) electrons. The van der Waals surface area contributed by atoms with Gasteiger partial charge in [0, 0.05) is 50.2 Å². The molecule has 2 bridgehead atoms. The van der Waals surface area contributed by atoms with Crippen LogP contribution in [0.1, 0.15) is 46.0 Å². The van der Waals surface area contributed by atoms with Crippen LogP contribution < -0.4 is 0 Å². The molecule has 0 aromatic rings. The monoisotopic (exact) mass is 375 g/mol. The summed E-state index contributed by atoms with van der Waals surface area (Å²) in [5, 5.41) is 0. The lowest BCUT2D eigenvalue weighted by molar-refractivity contribution is -0.134. The van der Waals surface area contributed by atoms with Crippen LogP contribution in [0.15, 0.2) is 0 Å². The van der Waals surface area contributed by atoms with Gasteiger partial charge in [0.1, 0.15) is 0 Å². The lowest BCUT2D eigenvalue weighted by Crippen LogP contribution is -2.60. The highest BCUT2D eigenvalue weighted by atomic mass is 16.6. The number of piperidine rings is 3. The molecule has 150 valence electrons. The van der Waals surface area contributed by atoms with E-state index in [-0.39, 0.29) is 6.09 Å². The van der Waals surface area contributed by atoms with E-state index >= 15 is 0 Å². The van der Waals surface area contributed by atoms with E-state index in [0.29, 0.717) is 54.3 Å². The van der Waals surface area contributed by atoms with Gasteiger partial charge in [-0.05, 0) is 63.7 Å². The van der Waals surface area contributed by atoms with Crippen LogP contribution in [-0.2, 0) is 9.53 Å². The summed E-state index contributed by atoms with van der Waals surface area (Å²) in [6.45, 7) is 8.37. The van der Waals surface area contributed by atoms with Gasteiger partial charge in [-0.1, -0.05) is 0 Å². The Balaban J connectivity index is 1.17. The molecule has 0 N–H and O–H groups in total. The Bertz CT molecular complexity index is 610. The minimum Gasteiger partial charge on any atom is -0.450 e. The largest absolute Gasteiger partial charge is 0.450 e. The number of hydrogen-bond acceptors (Lipinski definition) is 4. The molecule has 6 atom stereocenters. The Morgan fingerprint density at radius 1 is 1.04 bits per heavy atom. The van der Waals surface area contributed by atoms with E-state index in [1.807, 2.05) is 11.8 Å². The first kappa shape index (κ1) is 17.8. The summed E-state index contributed by atoms with van der Waals surface area (Å²) in [5.41, 5.74) is 0. The molecule has 3 aliphatic carbocycles. The van der Waals surface area contributed by atoms with Crippen molar-refractivity contribution in [2.75, 3.05) is 32.8 Å². The van der Waals surface area contributed by atoms with Crippen LogP contribution in [0.5, 0.6) is 0 Å². The van der Waals surface area contributed by atoms with E-state index in [9.17, 15) is 9.59 Å². The number of hydrogen-bond donors (Lipinski definition) is 0. The van der Waals surface area contributed by atoms with Crippen molar-refractivity contribution in [3.8, 4) is 0 Å². The third kappa shape index (κ3) is 2.95. The number of nitrogens with zero attached hydrogens (tertiary/aromatic N) is 3. The molecule has 0 aromatic heterocycles. The predicted molar refractivity (Wildman–Crippen MR) is 101 cm³/mol. The van der Waals surface area contributed by atoms with Gasteiger partial charge in [0.05, 0.1) is 6.61 Å². The van der Waals surface area contributed by atoms with Gasteiger partial charge in [0.25, 0.3) is 0 Å². The average molecular weight is 376 g/mol. The van der Waals surface area contributed by atoms with E-state index in [0.717, 1.165) is 39.0 Å². The summed E-state index contributed by atoms with van der Waals surface area (Å²) < 4.78 is 5.25. The highest BCUT2D eigenvalue weighted by molar-refractivity contribution is 5.83. The van der Waals surface area contributed by atoms with Gasteiger partial charge < -0.3 is 14.5 Å². The molecule has 0 spiro atoms. The second-order valence-corrected chi connectivity index (χ2v) is 9.31. The first-order valence-corrected chi connectivity index (χ1v) is 11.1. The smallest absolute Gasteiger partial charge is 0.410 e. The fourth-order valence-electron chi connectivity index (χ4n) is 6.33. The van der Waals surface area contributed by atoms with Crippen LogP contribution >= 0.6 is 0 Å². The zero-order valence-electron chi connectivity index (χ0n) is 16.7. The van der Waals surface area contributed by atoms with Crippen molar-refractivity contribution in [1.82, 2.24) is 14.7 Å². The van der Waals surface area contributed by atoms with Crippen molar-refractivity contribution < 1.29 is 14.3 Å². The number of rotatable bonds is 5. The summed E-state index contributed by atoms with van der Waals surface area (Å²) >= 11 is 0. The van der Waals surface area contributed by atoms with Gasteiger partial charge in [-0.3, -0.25) is 9.69 Å². The van der Waals surface area contributed by atoms with Crippen LogP contribution in [0.3, 0.4) is 0 Å². The molecule has 6 aliphatic rings. The summed E-state index contributed by atoms with van der Waals surface area (Å²) in [6, 6.07) is 1.49. The highest BCUT2D eigenvalue weighted by Crippen LogP contribution is 2.55. The van der Waals surface area contributed by atoms with E-state index in [2.05, 4.69) is 16.7 Å². The van der Waals surface area contributed by atoms with Crippen LogP contribution in [-0.4, -0.2) is 77.6 Å². The molecule has 2 amide bonds. The molecule has 6 heteroatoms. The first-order valence-electron chi connectivity index (χ1n) is 11.1. The summed E-state index contributed by atoms with van der Waals surface area (Å²) in [7, 11) is 0. The third-order valence-corrected chi connectivity index (χ3v) is 7.89. The number of carbonyl (C=O) groups excluding carboxylic acids is 2. The van der Waals surface area contributed by atoms with E-state index in [1.165, 1.54) is 19.3 Å². The topological polar surface area (TPSA) is 53.1 Å². The number of carbonyl (C=O) groups is 2. The number of amides is 2. The second kappa shape index (κ2) is 6.64. The summed E-state index contributed by atoms with van der Waals surface area (Å²) in [5.74, 6) is 2.50. The van der Waals surface area contributed by atoms with Crippen LogP contribution in [0.2, 0.25) is 0 Å². The standard InChI is InChI=1S/C21H33N3O3/c1-3-23(14-7-8-14)20(25)19-16-11-22(12-17(16)19)18-9-15-6-5-13(18)10-24(15)21(26)27-4-2/h13-19H,3-12H2,1-2H3/t13-,15-,16-,17+,18?,19?/m0/s1. The van der Waals surface area contributed by atoms with Gasteiger partial charge in [0.15, 0.2) is 0 Å². The third-order valence-electron chi connectivity index (χ3n) is 7.89. The Hall–Kier alpha value is -1.30. The van der Waals surface area contributed by atoms with Crippen molar-refractivity contribution in [2.24, 2.45) is 23.7 Å². The van der Waals surface area contributed by atoms with E-state index in [4.69, 9.17) is 4.74 Å². The normalized spacial score (nSPS) is 40.0. The fourth-order valence-corrected chi connectivity index (χ4v) is 6.33. The molecule has 3 saturated carbocycles. The van der Waals surface area contributed by atoms with Crippen molar-refractivity contribution in [3.63, 3.8) is 0 Å². The van der Waals surface area contributed by atoms with Crippen molar-refractivity contribution in [3.05, 3.63) is 0 Å². The van der Waals surface area contributed by atoms with Gasteiger partial charge in [-0.25, -0.2) is 4.79 Å². The Labute approximate surface area is 162 Å². The summed E-state index contributed by atoms with van der Waals surface area (Å²) in [4.78, 5) is 31.8. The molecule has 3 heterocycles. The number of ether oxygens (including phenoxy) is 1. The van der Waals surface area contributed by atoms with Crippen molar-refractivity contribution >= 4 is 12.0 Å². The maximum absolute atomic E-state index is 12.9. The Morgan fingerprint density at radius 2 is 1.78 bits per heavy atom. The molecule has 3 saturated heterocycles. The van der Waals surface area contributed by atoms with E-state index < -0.39 is 0 Å². The maximum atomic E-state index is 12.9. The molecule has 3 aliphatic heterocycles. The molecule has 6 fully saturated rings. The minimum absolute atomic E-state index is 0.125. The first-order chi connectivity index (χ1) is 13.1. The molecule has 6 rings (SSSR count). The maximum Gasteiger partial charge on any atom is 0.410 e. The molecule has 27 heavy (non-hydrogen) atoms. The zero-order chi connectivity index (χ0) is 18.7. The van der Waals surface area contributed by atoms with Gasteiger partial charge in [0.2, 0.25) is 5.91 Å². The Morgan fingerprint density at radius 3 is 2.33 bits per heavy atom. The molecule has 0 aromatic carbocycles. The van der Waals surface area contributed by atoms with Crippen molar-refractivity contribution in [1.29, 1.82) is 0 Å². The SMILES string of the molecule is CCOC(=O)N1C[C@@H]2CC[C@H]1CC2N1C[C@@H]2C(C(=O)N(CC)C3CC3)[C@@H]2C1. The lowest BCUT2D eigenvalue weighted by atomic mass is 9.75. The summed E-state index contributed by atoms with van der Waals surface area (Å²) in [6.07, 6.45) is 5.72. The zero-order valence-corrected chi connectivity index (χ0v) is 16.7. The fraction of sp³-hybridized carbons (Fsp3) is 0.905. The van der Waals surface area contributed by atoms with Gasteiger partial charge in [-0.15, -0.1) is 0 Å². The van der Waals surface area contributed by atoms with Crippen LogP contribution in [0.25, 0.3) is 0 Å².